The second-order valence-corrected chi connectivity index (χ2v) is 6.27. The first-order valence-electron chi connectivity index (χ1n) is 6.18. The summed E-state index contributed by atoms with van der Waals surface area (Å²) >= 11 is 8.04. The zero-order valence-electron chi connectivity index (χ0n) is 10.6. The van der Waals surface area contributed by atoms with E-state index in [-0.39, 0.29) is 5.38 Å². The van der Waals surface area contributed by atoms with E-state index in [1.165, 1.54) is 0 Å². The number of alkyl halides is 1. The lowest BCUT2D eigenvalue weighted by atomic mass is 10.1. The van der Waals surface area contributed by atoms with Crippen LogP contribution in [0, 0.1) is 5.92 Å². The van der Waals surface area contributed by atoms with Crippen LogP contribution >= 0.6 is 22.9 Å². The third-order valence-electron chi connectivity index (χ3n) is 2.73. The van der Waals surface area contributed by atoms with E-state index < -0.39 is 0 Å². The van der Waals surface area contributed by atoms with Crippen LogP contribution in [0.15, 0.2) is 30.3 Å². The number of hydrogen-bond acceptors (Lipinski definition) is 3. The minimum Gasteiger partial charge on any atom is -0.143 e. The van der Waals surface area contributed by atoms with Gasteiger partial charge in [-0.25, -0.2) is 0 Å². The van der Waals surface area contributed by atoms with E-state index in [1.54, 1.807) is 11.3 Å². The summed E-state index contributed by atoms with van der Waals surface area (Å²) in [5.41, 5.74) is 1.07. The summed E-state index contributed by atoms with van der Waals surface area (Å²) in [6.07, 6.45) is 2.14. The lowest BCUT2D eigenvalue weighted by molar-refractivity contribution is 0.583. The first-order valence-corrected chi connectivity index (χ1v) is 7.43. The molecule has 0 N–H and O–H groups in total. The zero-order chi connectivity index (χ0) is 13.0. The molecule has 96 valence electrons. The molecule has 2 nitrogen and oxygen atoms in total. The fraction of sp³-hybridized carbons (Fsp3) is 0.429. The van der Waals surface area contributed by atoms with Crippen molar-refractivity contribution >= 4 is 22.9 Å². The fourth-order valence-electron chi connectivity index (χ4n) is 1.65. The molecule has 1 heterocycles. The van der Waals surface area contributed by atoms with Crippen LogP contribution in [0.3, 0.4) is 0 Å². The van der Waals surface area contributed by atoms with E-state index in [9.17, 15) is 0 Å². The number of benzene rings is 1. The topological polar surface area (TPSA) is 25.8 Å². The van der Waals surface area contributed by atoms with Gasteiger partial charge in [0.05, 0.1) is 0 Å². The summed E-state index contributed by atoms with van der Waals surface area (Å²) in [5, 5.41) is 10.2. The van der Waals surface area contributed by atoms with Gasteiger partial charge < -0.3 is 0 Å². The highest BCUT2D eigenvalue weighted by atomic mass is 35.5. The molecular formula is C14H17ClN2S. The second kappa shape index (κ2) is 6.30. The molecule has 1 aromatic carbocycles. The van der Waals surface area contributed by atoms with Gasteiger partial charge in [0, 0.05) is 6.42 Å². The molecular weight excluding hydrogens is 264 g/mol. The van der Waals surface area contributed by atoms with Crippen molar-refractivity contribution < 1.29 is 0 Å². The van der Waals surface area contributed by atoms with E-state index in [0.29, 0.717) is 5.92 Å². The Balaban J connectivity index is 2.06. The quantitative estimate of drug-likeness (QED) is 0.756. The molecule has 0 aliphatic carbocycles. The Morgan fingerprint density at radius 3 is 2.56 bits per heavy atom. The summed E-state index contributed by atoms with van der Waals surface area (Å²) in [5.74, 6) is 0.693. The van der Waals surface area contributed by atoms with Crippen LogP contribution in [0.1, 0.15) is 41.2 Å². The van der Waals surface area contributed by atoms with Gasteiger partial charge in [0.1, 0.15) is 15.4 Å². The van der Waals surface area contributed by atoms with Gasteiger partial charge in [0.25, 0.3) is 0 Å². The summed E-state index contributed by atoms with van der Waals surface area (Å²) in [6, 6.07) is 10.0. The van der Waals surface area contributed by atoms with Gasteiger partial charge in [-0.3, -0.25) is 0 Å². The van der Waals surface area contributed by atoms with Gasteiger partial charge >= 0.3 is 0 Å². The van der Waals surface area contributed by atoms with Gasteiger partial charge in [0.2, 0.25) is 0 Å². The number of halogens is 1. The Labute approximate surface area is 117 Å². The Kier molecular flexibility index (Phi) is 4.72. The smallest absolute Gasteiger partial charge is 0.139 e. The number of aromatic nitrogens is 2. The molecule has 1 aromatic heterocycles. The van der Waals surface area contributed by atoms with Crippen molar-refractivity contribution in [1.82, 2.24) is 10.2 Å². The minimum atomic E-state index is -0.184. The fourth-order valence-corrected chi connectivity index (χ4v) is 2.83. The van der Waals surface area contributed by atoms with Gasteiger partial charge in [0.15, 0.2) is 0 Å². The highest BCUT2D eigenvalue weighted by Crippen LogP contribution is 2.31. The zero-order valence-corrected chi connectivity index (χ0v) is 12.2. The molecule has 2 rings (SSSR count). The summed E-state index contributed by atoms with van der Waals surface area (Å²) in [4.78, 5) is 0. The molecule has 18 heavy (non-hydrogen) atoms. The largest absolute Gasteiger partial charge is 0.143 e. The summed E-state index contributed by atoms with van der Waals surface area (Å²) in [6.45, 7) is 4.44. The summed E-state index contributed by atoms with van der Waals surface area (Å²) in [7, 11) is 0. The monoisotopic (exact) mass is 280 g/mol. The summed E-state index contributed by atoms with van der Waals surface area (Å²) < 4.78 is 0. The molecule has 0 fully saturated rings. The first kappa shape index (κ1) is 13.5. The SMILES string of the molecule is CC(C)CCc1nnc(C(Cl)c2ccccc2)s1. The Morgan fingerprint density at radius 1 is 1.17 bits per heavy atom. The van der Waals surface area contributed by atoms with Crippen molar-refractivity contribution in [2.24, 2.45) is 5.92 Å². The standard InChI is InChI=1S/C14H17ClN2S/c1-10(2)8-9-12-16-17-14(18-12)13(15)11-6-4-3-5-7-11/h3-7,10,13H,8-9H2,1-2H3. The lowest BCUT2D eigenvalue weighted by Gasteiger charge is -2.04. The van der Waals surface area contributed by atoms with Crippen molar-refractivity contribution in [1.29, 1.82) is 0 Å². The van der Waals surface area contributed by atoms with Crippen LogP contribution in [0.25, 0.3) is 0 Å². The van der Waals surface area contributed by atoms with Crippen LogP contribution in [-0.4, -0.2) is 10.2 Å². The highest BCUT2D eigenvalue weighted by molar-refractivity contribution is 7.11. The van der Waals surface area contributed by atoms with Crippen LogP contribution in [0.5, 0.6) is 0 Å². The molecule has 0 bridgehead atoms. The van der Waals surface area contributed by atoms with E-state index >= 15 is 0 Å². The minimum absolute atomic E-state index is 0.184. The molecule has 0 radical (unpaired) electrons. The van der Waals surface area contributed by atoms with Crippen LogP contribution < -0.4 is 0 Å². The van der Waals surface area contributed by atoms with Crippen molar-refractivity contribution in [2.75, 3.05) is 0 Å². The number of aryl methyl sites for hydroxylation is 1. The van der Waals surface area contributed by atoms with Crippen molar-refractivity contribution in [2.45, 2.75) is 32.1 Å². The molecule has 2 aromatic rings. The Morgan fingerprint density at radius 2 is 1.89 bits per heavy atom. The van der Waals surface area contributed by atoms with E-state index in [2.05, 4.69) is 24.0 Å². The predicted molar refractivity (Wildman–Crippen MR) is 77.2 cm³/mol. The molecule has 0 spiro atoms. The number of hydrogen-bond donors (Lipinski definition) is 0. The Bertz CT molecular complexity index is 482. The average Bonchev–Trinajstić information content (AvgIpc) is 2.85. The predicted octanol–water partition coefficient (Wildman–Crippen LogP) is 4.45. The highest BCUT2D eigenvalue weighted by Gasteiger charge is 2.15. The van der Waals surface area contributed by atoms with E-state index in [0.717, 1.165) is 28.4 Å². The van der Waals surface area contributed by atoms with Crippen LogP contribution in [-0.2, 0) is 6.42 Å². The molecule has 1 atom stereocenters. The average molecular weight is 281 g/mol. The van der Waals surface area contributed by atoms with Crippen molar-refractivity contribution in [3.05, 3.63) is 45.9 Å². The molecule has 0 saturated heterocycles. The van der Waals surface area contributed by atoms with E-state index in [4.69, 9.17) is 11.6 Å². The van der Waals surface area contributed by atoms with Gasteiger partial charge in [-0.1, -0.05) is 55.5 Å². The third kappa shape index (κ3) is 3.53. The van der Waals surface area contributed by atoms with Gasteiger partial charge in [-0.15, -0.1) is 21.8 Å². The Hall–Kier alpha value is -0.930. The van der Waals surface area contributed by atoms with Crippen molar-refractivity contribution in [3.8, 4) is 0 Å². The normalized spacial score (nSPS) is 12.9. The first-order chi connectivity index (χ1) is 8.66. The van der Waals surface area contributed by atoms with Crippen molar-refractivity contribution in [3.63, 3.8) is 0 Å². The third-order valence-corrected chi connectivity index (χ3v) is 4.36. The maximum atomic E-state index is 6.42. The van der Waals surface area contributed by atoms with Gasteiger partial charge in [-0.05, 0) is 17.9 Å². The molecule has 0 saturated carbocycles. The lowest BCUT2D eigenvalue weighted by Crippen LogP contribution is -1.91. The van der Waals surface area contributed by atoms with Gasteiger partial charge in [-0.2, -0.15) is 0 Å². The molecule has 0 aliphatic heterocycles. The van der Waals surface area contributed by atoms with Crippen LogP contribution in [0.2, 0.25) is 0 Å². The molecule has 1 unspecified atom stereocenters. The molecule has 0 aliphatic rings. The maximum Gasteiger partial charge on any atom is 0.139 e. The maximum absolute atomic E-state index is 6.42. The second-order valence-electron chi connectivity index (χ2n) is 4.74. The number of rotatable bonds is 5. The van der Waals surface area contributed by atoms with E-state index in [1.807, 2.05) is 30.3 Å². The number of nitrogens with zero attached hydrogens (tertiary/aromatic N) is 2. The van der Waals surface area contributed by atoms with Crippen LogP contribution in [0.4, 0.5) is 0 Å². The molecule has 0 amide bonds. The molecule has 4 heteroatoms.